The summed E-state index contributed by atoms with van der Waals surface area (Å²) in [4.78, 5) is 17.6. The highest BCUT2D eigenvalue weighted by Gasteiger charge is 2.30. The maximum absolute atomic E-state index is 11.7. The molecule has 0 spiro atoms. The molecule has 1 saturated heterocycles. The maximum Gasteiger partial charge on any atom is 0.228 e. The largest absolute Gasteiger partial charge is 0.497 e. The van der Waals surface area contributed by atoms with E-state index in [1.54, 1.807) is 30.3 Å². The van der Waals surface area contributed by atoms with Crippen LogP contribution in [0.3, 0.4) is 0 Å². The van der Waals surface area contributed by atoms with Gasteiger partial charge in [0, 0.05) is 31.1 Å². The van der Waals surface area contributed by atoms with Gasteiger partial charge in [0.2, 0.25) is 5.91 Å². The normalized spacial score (nSPS) is 20.2. The molecule has 1 aromatic heterocycles. The standard InChI is InChI=1S/C11H13ClN2O2/c1-16-9-2-3-13-10(5-9)14-7-8(6-12)4-11(14)15/h2-3,5,8H,4,6-7H2,1H3. The van der Waals surface area contributed by atoms with Gasteiger partial charge in [0.05, 0.1) is 7.11 Å². The van der Waals surface area contributed by atoms with Gasteiger partial charge >= 0.3 is 0 Å². The number of hydrogen-bond acceptors (Lipinski definition) is 3. The molecule has 1 atom stereocenters. The van der Waals surface area contributed by atoms with E-state index in [-0.39, 0.29) is 11.8 Å². The minimum Gasteiger partial charge on any atom is -0.497 e. The minimum absolute atomic E-state index is 0.0754. The van der Waals surface area contributed by atoms with E-state index < -0.39 is 0 Å². The Hall–Kier alpha value is -1.29. The zero-order valence-electron chi connectivity index (χ0n) is 9.02. The third-order valence-electron chi connectivity index (χ3n) is 2.65. The zero-order valence-corrected chi connectivity index (χ0v) is 9.78. The Balaban J connectivity index is 2.20. The van der Waals surface area contributed by atoms with Crippen molar-refractivity contribution in [2.24, 2.45) is 5.92 Å². The van der Waals surface area contributed by atoms with Crippen LogP contribution in [-0.2, 0) is 4.79 Å². The topological polar surface area (TPSA) is 42.4 Å². The van der Waals surface area contributed by atoms with Crippen LogP contribution in [0, 0.1) is 5.92 Å². The smallest absolute Gasteiger partial charge is 0.228 e. The molecule has 5 heteroatoms. The quantitative estimate of drug-likeness (QED) is 0.755. The number of ether oxygens (including phenoxy) is 1. The average molecular weight is 241 g/mol. The molecule has 1 unspecified atom stereocenters. The van der Waals surface area contributed by atoms with Crippen LogP contribution in [0.2, 0.25) is 0 Å². The lowest BCUT2D eigenvalue weighted by molar-refractivity contribution is -0.117. The Morgan fingerprint density at radius 2 is 2.50 bits per heavy atom. The lowest BCUT2D eigenvalue weighted by atomic mass is 10.1. The fourth-order valence-electron chi connectivity index (χ4n) is 1.78. The summed E-state index contributed by atoms with van der Waals surface area (Å²) in [6, 6.07) is 3.51. The lowest BCUT2D eigenvalue weighted by Crippen LogP contribution is -2.25. The number of hydrogen-bond donors (Lipinski definition) is 0. The molecule has 86 valence electrons. The molecule has 0 bridgehead atoms. The number of carbonyl (C=O) groups is 1. The van der Waals surface area contributed by atoms with Gasteiger partial charge in [-0.2, -0.15) is 0 Å². The highest BCUT2D eigenvalue weighted by atomic mass is 35.5. The Morgan fingerprint density at radius 3 is 3.12 bits per heavy atom. The van der Waals surface area contributed by atoms with Gasteiger partial charge in [-0.15, -0.1) is 11.6 Å². The van der Waals surface area contributed by atoms with Gasteiger partial charge in [-0.05, 0) is 12.0 Å². The van der Waals surface area contributed by atoms with Crippen molar-refractivity contribution in [3.05, 3.63) is 18.3 Å². The highest BCUT2D eigenvalue weighted by Crippen LogP contribution is 2.26. The zero-order chi connectivity index (χ0) is 11.5. The summed E-state index contributed by atoms with van der Waals surface area (Å²) in [5.74, 6) is 2.14. The van der Waals surface area contributed by atoms with Gasteiger partial charge in [0.15, 0.2) is 0 Å². The molecule has 16 heavy (non-hydrogen) atoms. The average Bonchev–Trinajstić information content (AvgIpc) is 2.71. The van der Waals surface area contributed by atoms with E-state index in [9.17, 15) is 4.79 Å². The molecule has 0 saturated carbocycles. The number of nitrogens with zero attached hydrogens (tertiary/aromatic N) is 2. The molecule has 0 N–H and O–H groups in total. The van der Waals surface area contributed by atoms with Crippen LogP contribution in [0.25, 0.3) is 0 Å². The van der Waals surface area contributed by atoms with Crippen LogP contribution < -0.4 is 9.64 Å². The fraction of sp³-hybridized carbons (Fsp3) is 0.455. The molecule has 2 heterocycles. The number of anilines is 1. The van der Waals surface area contributed by atoms with Crippen LogP contribution in [0.5, 0.6) is 5.75 Å². The first-order chi connectivity index (χ1) is 7.74. The lowest BCUT2D eigenvalue weighted by Gasteiger charge is -2.15. The van der Waals surface area contributed by atoms with Crippen molar-refractivity contribution in [2.45, 2.75) is 6.42 Å². The molecule has 1 aromatic rings. The van der Waals surface area contributed by atoms with Gasteiger partial charge < -0.3 is 4.74 Å². The molecular weight excluding hydrogens is 228 g/mol. The summed E-state index contributed by atoms with van der Waals surface area (Å²) in [7, 11) is 1.59. The molecule has 1 fully saturated rings. The Kier molecular flexibility index (Phi) is 3.29. The summed E-state index contributed by atoms with van der Waals surface area (Å²) in [5.41, 5.74) is 0. The summed E-state index contributed by atoms with van der Waals surface area (Å²) in [5, 5.41) is 0. The van der Waals surface area contributed by atoms with E-state index in [4.69, 9.17) is 16.3 Å². The van der Waals surface area contributed by atoms with Crippen molar-refractivity contribution in [2.75, 3.05) is 24.4 Å². The second kappa shape index (κ2) is 4.70. The van der Waals surface area contributed by atoms with Gasteiger partial charge in [-0.1, -0.05) is 0 Å². The van der Waals surface area contributed by atoms with Crippen LogP contribution in [0.4, 0.5) is 5.82 Å². The van der Waals surface area contributed by atoms with Crippen molar-refractivity contribution in [1.29, 1.82) is 0 Å². The van der Waals surface area contributed by atoms with Crippen LogP contribution in [-0.4, -0.2) is 30.4 Å². The van der Waals surface area contributed by atoms with Gasteiger partial charge in [0.1, 0.15) is 11.6 Å². The summed E-state index contributed by atoms with van der Waals surface area (Å²) in [6.45, 7) is 0.641. The maximum atomic E-state index is 11.7. The molecule has 2 rings (SSSR count). The summed E-state index contributed by atoms with van der Waals surface area (Å²) < 4.78 is 5.10. The SMILES string of the molecule is COc1ccnc(N2CC(CCl)CC2=O)c1. The second-order valence-electron chi connectivity index (χ2n) is 3.78. The van der Waals surface area contributed by atoms with Crippen molar-refractivity contribution in [3.8, 4) is 5.75 Å². The number of aromatic nitrogens is 1. The number of halogens is 1. The molecule has 0 aromatic carbocycles. The molecule has 1 aliphatic heterocycles. The van der Waals surface area contributed by atoms with Crippen molar-refractivity contribution in [1.82, 2.24) is 4.98 Å². The van der Waals surface area contributed by atoms with E-state index in [2.05, 4.69) is 4.98 Å². The number of amides is 1. The van der Waals surface area contributed by atoms with E-state index in [0.717, 1.165) is 0 Å². The first-order valence-electron chi connectivity index (χ1n) is 5.11. The number of rotatable bonds is 3. The van der Waals surface area contributed by atoms with Crippen LogP contribution in [0.15, 0.2) is 18.3 Å². The Bertz CT molecular complexity index is 397. The monoisotopic (exact) mass is 240 g/mol. The van der Waals surface area contributed by atoms with Gasteiger partial charge in [-0.25, -0.2) is 4.98 Å². The van der Waals surface area contributed by atoms with Gasteiger partial charge in [-0.3, -0.25) is 9.69 Å². The van der Waals surface area contributed by atoms with Gasteiger partial charge in [0.25, 0.3) is 0 Å². The molecule has 0 radical (unpaired) electrons. The van der Waals surface area contributed by atoms with E-state index in [1.165, 1.54) is 0 Å². The van der Waals surface area contributed by atoms with E-state index >= 15 is 0 Å². The Morgan fingerprint density at radius 1 is 1.69 bits per heavy atom. The van der Waals surface area contributed by atoms with Crippen molar-refractivity contribution < 1.29 is 9.53 Å². The van der Waals surface area contributed by atoms with Crippen LogP contribution >= 0.6 is 11.6 Å². The fourth-order valence-corrected chi connectivity index (χ4v) is 1.99. The van der Waals surface area contributed by atoms with E-state index in [1.807, 2.05) is 0 Å². The minimum atomic E-state index is 0.0754. The number of alkyl halides is 1. The predicted molar refractivity (Wildman–Crippen MR) is 62.0 cm³/mol. The number of pyridine rings is 1. The first-order valence-corrected chi connectivity index (χ1v) is 5.64. The van der Waals surface area contributed by atoms with Crippen molar-refractivity contribution >= 4 is 23.3 Å². The molecule has 1 amide bonds. The summed E-state index contributed by atoms with van der Waals surface area (Å²) in [6.07, 6.45) is 2.14. The Labute approximate surface area is 99.2 Å². The third-order valence-corrected chi connectivity index (χ3v) is 3.09. The summed E-state index contributed by atoms with van der Waals surface area (Å²) >= 11 is 5.76. The molecule has 4 nitrogen and oxygen atoms in total. The molecule has 0 aliphatic carbocycles. The molecule has 1 aliphatic rings. The van der Waals surface area contributed by atoms with Crippen LogP contribution in [0.1, 0.15) is 6.42 Å². The molecular formula is C11H13ClN2O2. The third kappa shape index (κ3) is 2.11. The number of carbonyl (C=O) groups excluding carboxylic acids is 1. The highest BCUT2D eigenvalue weighted by molar-refractivity contribution is 6.18. The predicted octanol–water partition coefficient (Wildman–Crippen LogP) is 1.68. The van der Waals surface area contributed by atoms with E-state index in [0.29, 0.717) is 30.4 Å². The number of methoxy groups -OCH3 is 1. The second-order valence-corrected chi connectivity index (χ2v) is 4.09. The first kappa shape index (κ1) is 11.2. The van der Waals surface area contributed by atoms with Crippen molar-refractivity contribution in [3.63, 3.8) is 0 Å².